The van der Waals surface area contributed by atoms with Crippen LogP contribution in [0, 0.1) is 0 Å². The second kappa shape index (κ2) is 6.01. The Labute approximate surface area is 56.4 Å². The van der Waals surface area contributed by atoms with Gasteiger partial charge in [0.1, 0.15) is 0 Å². The van der Waals surface area contributed by atoms with Crippen molar-refractivity contribution in [2.24, 2.45) is 11.5 Å². The molecule has 0 bridgehead atoms. The monoisotopic (exact) mass is 132 g/mol. The van der Waals surface area contributed by atoms with Crippen LogP contribution in [-0.2, 0) is 4.74 Å². The molecule has 0 saturated heterocycles. The summed E-state index contributed by atoms with van der Waals surface area (Å²) >= 11 is 0. The molecule has 0 spiro atoms. The molecule has 1 atom stereocenters. The van der Waals surface area contributed by atoms with Crippen molar-refractivity contribution in [1.29, 1.82) is 0 Å². The van der Waals surface area contributed by atoms with E-state index >= 15 is 0 Å². The largest absolute Gasteiger partial charge is 0.377 e. The molecular weight excluding hydrogens is 116 g/mol. The average molecular weight is 132 g/mol. The lowest BCUT2D eigenvalue weighted by Gasteiger charge is -2.09. The third kappa shape index (κ3) is 5.76. The normalized spacial score (nSPS) is 13.7. The van der Waals surface area contributed by atoms with E-state index < -0.39 is 0 Å². The Kier molecular flexibility index (Phi) is 5.93. The minimum absolute atomic E-state index is 0.263. The van der Waals surface area contributed by atoms with E-state index in [0.717, 1.165) is 6.42 Å². The van der Waals surface area contributed by atoms with Gasteiger partial charge in [-0.1, -0.05) is 0 Å². The molecule has 0 aromatic carbocycles. The van der Waals surface area contributed by atoms with E-state index in [1.165, 1.54) is 0 Å². The minimum atomic E-state index is 0.263. The summed E-state index contributed by atoms with van der Waals surface area (Å²) in [5.74, 6) is 0. The van der Waals surface area contributed by atoms with Crippen LogP contribution in [0.2, 0.25) is 0 Å². The first kappa shape index (κ1) is 8.88. The van der Waals surface area contributed by atoms with Crippen LogP contribution in [0.25, 0.3) is 0 Å². The molecule has 0 aliphatic heterocycles. The molecular formula is C6H16N2O. The fraction of sp³-hybridized carbons (Fsp3) is 1.00. The number of nitrogens with two attached hydrogens (primary N) is 2. The molecule has 0 rings (SSSR count). The van der Waals surface area contributed by atoms with Gasteiger partial charge in [0.05, 0.1) is 12.7 Å². The smallest absolute Gasteiger partial charge is 0.0592 e. The van der Waals surface area contributed by atoms with Crippen molar-refractivity contribution < 1.29 is 4.74 Å². The van der Waals surface area contributed by atoms with Gasteiger partial charge in [-0.15, -0.1) is 0 Å². The van der Waals surface area contributed by atoms with Crippen LogP contribution in [0.4, 0.5) is 0 Å². The Morgan fingerprint density at radius 2 is 2.00 bits per heavy atom. The van der Waals surface area contributed by atoms with Gasteiger partial charge in [0, 0.05) is 6.54 Å². The second-order valence-corrected chi connectivity index (χ2v) is 2.05. The van der Waals surface area contributed by atoms with Gasteiger partial charge in [0.2, 0.25) is 0 Å². The molecule has 0 aliphatic carbocycles. The van der Waals surface area contributed by atoms with E-state index in [4.69, 9.17) is 16.2 Å². The first-order valence-electron chi connectivity index (χ1n) is 3.33. The molecule has 56 valence electrons. The molecule has 3 nitrogen and oxygen atoms in total. The molecule has 0 aliphatic rings. The van der Waals surface area contributed by atoms with Crippen LogP contribution >= 0.6 is 0 Å². The van der Waals surface area contributed by atoms with Crippen molar-refractivity contribution >= 4 is 0 Å². The lowest BCUT2D eigenvalue weighted by atomic mass is 10.3. The van der Waals surface area contributed by atoms with Crippen molar-refractivity contribution in [3.63, 3.8) is 0 Å². The topological polar surface area (TPSA) is 61.3 Å². The third-order valence-electron chi connectivity index (χ3n) is 1.09. The number of rotatable bonds is 5. The van der Waals surface area contributed by atoms with Gasteiger partial charge in [-0.25, -0.2) is 0 Å². The Bertz CT molecular complexity index is 59.0. The molecule has 0 aromatic rings. The lowest BCUT2D eigenvalue weighted by molar-refractivity contribution is 0.0678. The maximum absolute atomic E-state index is 5.29. The van der Waals surface area contributed by atoms with Gasteiger partial charge in [-0.05, 0) is 19.9 Å². The summed E-state index contributed by atoms with van der Waals surface area (Å²) in [5.41, 5.74) is 10.5. The summed E-state index contributed by atoms with van der Waals surface area (Å²) in [6.45, 7) is 3.92. The first-order valence-corrected chi connectivity index (χ1v) is 3.33. The highest BCUT2D eigenvalue weighted by molar-refractivity contribution is 4.49. The van der Waals surface area contributed by atoms with Gasteiger partial charge in [0.15, 0.2) is 0 Å². The molecule has 0 fully saturated rings. The SMILES string of the molecule is CC(CCN)OCCN. The molecule has 4 N–H and O–H groups in total. The summed E-state index contributed by atoms with van der Waals surface area (Å²) in [5, 5.41) is 0. The molecule has 3 heteroatoms. The van der Waals surface area contributed by atoms with Gasteiger partial charge >= 0.3 is 0 Å². The standard InChI is InChI=1S/C6H16N2O/c1-6(2-3-7)9-5-4-8/h6H,2-5,7-8H2,1H3. The van der Waals surface area contributed by atoms with Crippen molar-refractivity contribution in [1.82, 2.24) is 0 Å². The highest BCUT2D eigenvalue weighted by Gasteiger charge is 1.97. The Morgan fingerprint density at radius 1 is 1.33 bits per heavy atom. The predicted octanol–water partition coefficient (Wildman–Crippen LogP) is -0.301. The van der Waals surface area contributed by atoms with Crippen LogP contribution < -0.4 is 11.5 Å². The second-order valence-electron chi connectivity index (χ2n) is 2.05. The van der Waals surface area contributed by atoms with E-state index in [1.807, 2.05) is 6.92 Å². The fourth-order valence-electron chi connectivity index (χ4n) is 0.587. The first-order chi connectivity index (χ1) is 4.31. The molecule has 0 heterocycles. The summed E-state index contributed by atoms with van der Waals surface area (Å²) in [6.07, 6.45) is 1.18. The van der Waals surface area contributed by atoms with Crippen molar-refractivity contribution in [2.75, 3.05) is 19.7 Å². The quantitative estimate of drug-likeness (QED) is 0.540. The maximum Gasteiger partial charge on any atom is 0.0592 e. The average Bonchev–Trinajstić information content (AvgIpc) is 1.85. The maximum atomic E-state index is 5.29. The molecule has 9 heavy (non-hydrogen) atoms. The van der Waals surface area contributed by atoms with E-state index in [9.17, 15) is 0 Å². The van der Waals surface area contributed by atoms with E-state index in [-0.39, 0.29) is 6.10 Å². The van der Waals surface area contributed by atoms with Crippen LogP contribution in [-0.4, -0.2) is 25.8 Å². The molecule has 0 saturated carbocycles. The van der Waals surface area contributed by atoms with Gasteiger partial charge in [-0.2, -0.15) is 0 Å². The van der Waals surface area contributed by atoms with Crippen LogP contribution in [0.3, 0.4) is 0 Å². The molecule has 0 radical (unpaired) electrons. The van der Waals surface area contributed by atoms with Crippen molar-refractivity contribution in [3.05, 3.63) is 0 Å². The Morgan fingerprint density at radius 3 is 2.44 bits per heavy atom. The summed E-state index contributed by atoms with van der Waals surface area (Å²) in [4.78, 5) is 0. The van der Waals surface area contributed by atoms with E-state index in [2.05, 4.69) is 0 Å². The summed E-state index contributed by atoms with van der Waals surface area (Å²) in [6, 6.07) is 0. The predicted molar refractivity (Wildman–Crippen MR) is 38.1 cm³/mol. The van der Waals surface area contributed by atoms with E-state index in [0.29, 0.717) is 19.7 Å². The Balaban J connectivity index is 2.95. The van der Waals surface area contributed by atoms with Gasteiger partial charge < -0.3 is 16.2 Å². The highest BCUT2D eigenvalue weighted by atomic mass is 16.5. The zero-order valence-corrected chi connectivity index (χ0v) is 5.97. The molecule has 0 aromatic heterocycles. The third-order valence-corrected chi connectivity index (χ3v) is 1.09. The van der Waals surface area contributed by atoms with Crippen LogP contribution in [0.5, 0.6) is 0 Å². The number of hydrogen-bond donors (Lipinski definition) is 2. The summed E-state index contributed by atoms with van der Waals surface area (Å²) in [7, 11) is 0. The van der Waals surface area contributed by atoms with E-state index in [1.54, 1.807) is 0 Å². The highest BCUT2D eigenvalue weighted by Crippen LogP contribution is 1.92. The molecule has 0 amide bonds. The number of ether oxygens (including phenoxy) is 1. The Hall–Kier alpha value is -0.120. The van der Waals surface area contributed by atoms with Crippen LogP contribution in [0.15, 0.2) is 0 Å². The minimum Gasteiger partial charge on any atom is -0.377 e. The summed E-state index contributed by atoms with van der Waals surface area (Å²) < 4.78 is 5.23. The zero-order chi connectivity index (χ0) is 7.11. The zero-order valence-electron chi connectivity index (χ0n) is 5.97. The van der Waals surface area contributed by atoms with Gasteiger partial charge in [-0.3, -0.25) is 0 Å². The van der Waals surface area contributed by atoms with Gasteiger partial charge in [0.25, 0.3) is 0 Å². The number of hydrogen-bond acceptors (Lipinski definition) is 3. The lowest BCUT2D eigenvalue weighted by Crippen LogP contribution is -2.18. The van der Waals surface area contributed by atoms with Crippen molar-refractivity contribution in [3.8, 4) is 0 Å². The van der Waals surface area contributed by atoms with Crippen molar-refractivity contribution in [2.45, 2.75) is 19.4 Å². The fourth-order valence-corrected chi connectivity index (χ4v) is 0.587. The molecule has 1 unspecified atom stereocenters. The van der Waals surface area contributed by atoms with Crippen LogP contribution in [0.1, 0.15) is 13.3 Å².